The third kappa shape index (κ3) is 13.5. The van der Waals surface area contributed by atoms with Crippen LogP contribution >= 0.6 is 11.6 Å². The Morgan fingerprint density at radius 1 is 0.296 bits per heavy atom. The molecule has 10 nitrogen and oxygen atoms in total. The smallest absolute Gasteiger partial charge is 0.399 e. The van der Waals surface area contributed by atoms with Crippen LogP contribution in [0.25, 0.3) is 154 Å². The van der Waals surface area contributed by atoms with E-state index in [1.165, 1.54) is 54.2 Å². The lowest BCUT2D eigenvalue weighted by atomic mass is 9.78. The van der Waals surface area contributed by atoms with E-state index in [4.69, 9.17) is 46.7 Å². The molecular weight excluding hydrogens is 1340 g/mol. The summed E-state index contributed by atoms with van der Waals surface area (Å²) in [4.78, 5) is 3.38. The highest BCUT2D eigenvalue weighted by molar-refractivity contribution is 6.62. The quantitative estimate of drug-likeness (QED) is 0.0978. The molecule has 0 bridgehead atoms. The minimum Gasteiger partial charge on any atom is -0.399 e. The van der Waals surface area contributed by atoms with Gasteiger partial charge in [-0.25, -0.2) is 0 Å². The Kier molecular flexibility index (Phi) is 17.9. The average Bonchev–Trinajstić information content (AvgIpc) is 1.10. The minimum atomic E-state index is -0.340. The summed E-state index contributed by atoms with van der Waals surface area (Å²) in [6, 6.07) is 121. The fraction of sp³-hybridized carbons (Fsp3) is 0.0625. The molecule has 0 aliphatic carbocycles. The zero-order chi connectivity index (χ0) is 73.5. The van der Waals surface area contributed by atoms with Crippen molar-refractivity contribution in [2.45, 2.75) is 38.9 Å². The van der Waals surface area contributed by atoms with E-state index in [9.17, 15) is 0 Å². The second-order valence-electron chi connectivity index (χ2n) is 28.1. The molecule has 0 spiro atoms. The molecule has 18 aromatic rings. The Balaban J connectivity index is 0.000000125. The molecule has 0 N–H and O–H groups in total. The first-order chi connectivity index (χ1) is 52.7. The highest BCUT2D eigenvalue weighted by atomic mass is 35.5. The Morgan fingerprint density at radius 3 is 0.926 bits per heavy atom. The third-order valence-corrected chi connectivity index (χ3v) is 21.1. The van der Waals surface area contributed by atoms with Gasteiger partial charge in [0.15, 0.2) is 0 Å². The molecule has 0 saturated carbocycles. The van der Waals surface area contributed by atoms with E-state index in [-0.39, 0.29) is 18.3 Å². The molecule has 108 heavy (non-hydrogen) atoms. The van der Waals surface area contributed by atoms with Crippen LogP contribution in [0.5, 0.6) is 0 Å². The second-order valence-corrected chi connectivity index (χ2v) is 28.5. The number of nitrogens with zero attached hydrogens (tertiary/aromatic N) is 8. The molecule has 0 radical (unpaired) electrons. The first-order valence-electron chi connectivity index (χ1n) is 36.0. The maximum Gasteiger partial charge on any atom is 0.494 e. The Morgan fingerprint density at radius 2 is 0.574 bits per heavy atom. The van der Waals surface area contributed by atoms with Gasteiger partial charge < -0.3 is 9.31 Å². The maximum atomic E-state index is 9.06. The van der Waals surface area contributed by atoms with Crippen molar-refractivity contribution in [3.63, 3.8) is 0 Å². The lowest BCUT2D eigenvalue weighted by Gasteiger charge is -2.32. The standard InChI is InChI=1S/C45H28N4.C26H16ClN3.C25H24BNO2/c46-29-30-9-11-31(12-10-30)32-13-15-33(16-14-32)34-17-19-35(20-18-34)36-21-24-39(25-22-36)49-47-44-26-23-38(28-45(44)48-49)43-27-37-5-1-2-6-40(37)41-7-3-4-8-42(41)43;27-19-10-12-20(13-11-19)30-28-25-14-9-18(16-26(25)29-30)24-15-17-5-1-2-6-21(17)22-7-3-4-8-23(22)24;1-24(2)25(3,4)29-26(28-24)23-15-13-22(14-16-23)21-11-9-20(10-12-21)19-7-5-18(17-27)6-8-19/h1-28H;1-16H;5-16H,1-4H3. The van der Waals surface area contributed by atoms with Crippen LogP contribution in [0.3, 0.4) is 0 Å². The Bertz CT molecular complexity index is 6470. The Hall–Kier alpha value is -13.4. The predicted octanol–water partition coefficient (Wildman–Crippen LogP) is 23.5. The van der Waals surface area contributed by atoms with Gasteiger partial charge in [0.2, 0.25) is 0 Å². The summed E-state index contributed by atoms with van der Waals surface area (Å²) in [5, 5.41) is 47.7. The third-order valence-electron chi connectivity index (χ3n) is 20.9. The van der Waals surface area contributed by atoms with Crippen LogP contribution in [-0.4, -0.2) is 48.3 Å². The van der Waals surface area contributed by atoms with Crippen LogP contribution in [0.15, 0.2) is 340 Å². The number of halogens is 1. The predicted molar refractivity (Wildman–Crippen MR) is 442 cm³/mol. The van der Waals surface area contributed by atoms with Gasteiger partial charge in [0, 0.05) is 5.02 Å². The van der Waals surface area contributed by atoms with Gasteiger partial charge >= 0.3 is 7.12 Å². The normalized spacial score (nSPS) is 12.9. The van der Waals surface area contributed by atoms with Gasteiger partial charge in [-0.15, -0.1) is 20.4 Å². The molecule has 0 amide bonds. The summed E-state index contributed by atoms with van der Waals surface area (Å²) in [6.07, 6.45) is 0. The molecule has 2 aromatic heterocycles. The van der Waals surface area contributed by atoms with Crippen molar-refractivity contribution in [1.82, 2.24) is 30.0 Å². The van der Waals surface area contributed by atoms with E-state index in [1.54, 1.807) is 9.59 Å². The van der Waals surface area contributed by atoms with E-state index in [2.05, 4.69) is 306 Å². The van der Waals surface area contributed by atoms with Crippen LogP contribution < -0.4 is 5.46 Å². The second kappa shape index (κ2) is 28.6. The highest BCUT2D eigenvalue weighted by Gasteiger charge is 2.51. The van der Waals surface area contributed by atoms with Crippen molar-refractivity contribution in [1.29, 1.82) is 10.5 Å². The first kappa shape index (κ1) is 67.8. The highest BCUT2D eigenvalue weighted by Crippen LogP contribution is 2.40. The fourth-order valence-electron chi connectivity index (χ4n) is 14.2. The molecule has 514 valence electrons. The number of aromatic nitrogens is 6. The molecule has 16 aromatic carbocycles. The van der Waals surface area contributed by atoms with Crippen molar-refractivity contribution in [3.05, 3.63) is 356 Å². The van der Waals surface area contributed by atoms with Gasteiger partial charge in [0.25, 0.3) is 0 Å². The zero-order valence-electron chi connectivity index (χ0n) is 59.7. The molecule has 1 aliphatic heterocycles. The monoisotopic (exact) mass is 1410 g/mol. The lowest BCUT2D eigenvalue weighted by molar-refractivity contribution is 0.00578. The zero-order valence-corrected chi connectivity index (χ0v) is 60.4. The number of hydrogen-bond acceptors (Lipinski definition) is 8. The van der Waals surface area contributed by atoms with Crippen molar-refractivity contribution < 1.29 is 9.31 Å². The number of hydrogen-bond donors (Lipinski definition) is 0. The van der Waals surface area contributed by atoms with Crippen LogP contribution in [0, 0.1) is 22.7 Å². The molecular formula is C96H68BClN8O2. The van der Waals surface area contributed by atoms with E-state index < -0.39 is 0 Å². The van der Waals surface area contributed by atoms with Crippen LogP contribution in [-0.2, 0) is 9.31 Å². The summed E-state index contributed by atoms with van der Waals surface area (Å²) < 4.78 is 12.3. The number of fused-ring (bicyclic) bond motifs is 8. The molecule has 0 atom stereocenters. The molecule has 1 saturated heterocycles. The van der Waals surface area contributed by atoms with E-state index >= 15 is 0 Å². The Labute approximate surface area is 631 Å². The van der Waals surface area contributed by atoms with Crippen LogP contribution in [0.1, 0.15) is 38.8 Å². The van der Waals surface area contributed by atoms with Gasteiger partial charge in [-0.3, -0.25) is 0 Å². The largest absolute Gasteiger partial charge is 0.494 e. The SMILES string of the molecule is CC1(C)OB(c2ccc(-c3ccc(-c4ccc(C#N)cc4)cc3)cc2)OC1(C)C.Clc1ccc(-n2nc3ccc(-c4cc5ccccc5c5ccccc45)cc3n2)cc1.N#Cc1ccc(-c2ccc(-c3ccc(-c4ccc(-n5nc6ccc(-c7cc8ccccc8c8ccccc78)cc6n5)cc4)cc3)cc2)cc1. The molecule has 1 aliphatic rings. The van der Waals surface area contributed by atoms with Gasteiger partial charge in [0.05, 0.1) is 45.8 Å². The number of benzene rings is 16. The van der Waals surface area contributed by atoms with E-state index in [0.717, 1.165) is 106 Å². The fourth-order valence-corrected chi connectivity index (χ4v) is 14.3. The number of rotatable bonds is 10. The van der Waals surface area contributed by atoms with Crippen LogP contribution in [0.2, 0.25) is 5.02 Å². The minimum absolute atomic E-state index is 0.336. The summed E-state index contributed by atoms with van der Waals surface area (Å²) in [6.45, 7) is 8.27. The van der Waals surface area contributed by atoms with Crippen LogP contribution in [0.4, 0.5) is 0 Å². The average molecular weight is 1410 g/mol. The van der Waals surface area contributed by atoms with Gasteiger partial charge in [0.1, 0.15) is 22.1 Å². The summed E-state index contributed by atoms with van der Waals surface area (Å²) in [5.74, 6) is 0. The lowest BCUT2D eigenvalue weighted by Crippen LogP contribution is -2.41. The molecule has 19 rings (SSSR count). The van der Waals surface area contributed by atoms with Crippen molar-refractivity contribution in [2.24, 2.45) is 0 Å². The maximum absolute atomic E-state index is 9.06. The summed E-state index contributed by atoms with van der Waals surface area (Å²) >= 11 is 6.01. The van der Waals surface area contributed by atoms with E-state index in [1.807, 2.05) is 78.9 Å². The molecule has 1 fully saturated rings. The summed E-state index contributed by atoms with van der Waals surface area (Å²) in [5.41, 5.74) is 23.0. The summed E-state index contributed by atoms with van der Waals surface area (Å²) in [7, 11) is -0.340. The number of nitriles is 2. The van der Waals surface area contributed by atoms with Gasteiger partial charge in [-0.05, 0) is 251 Å². The van der Waals surface area contributed by atoms with E-state index in [0.29, 0.717) is 16.1 Å². The topological polar surface area (TPSA) is 127 Å². The van der Waals surface area contributed by atoms with Crippen molar-refractivity contribution >= 4 is 89.3 Å². The van der Waals surface area contributed by atoms with Gasteiger partial charge in [-0.2, -0.15) is 20.1 Å². The van der Waals surface area contributed by atoms with Crippen molar-refractivity contribution in [3.8, 4) is 101 Å². The van der Waals surface area contributed by atoms with Gasteiger partial charge in [-0.1, -0.05) is 254 Å². The van der Waals surface area contributed by atoms with Crippen molar-refractivity contribution in [2.75, 3.05) is 0 Å². The molecule has 0 unspecified atom stereocenters. The molecule has 12 heteroatoms. The molecule has 3 heterocycles. The first-order valence-corrected chi connectivity index (χ1v) is 36.3.